The number of amides is 2. The van der Waals surface area contributed by atoms with Crippen LogP contribution in [0, 0.1) is 21.8 Å². The first kappa shape index (κ1) is 13.1. The molecule has 2 rings (SSSR count). The number of nitro groups is 1. The highest BCUT2D eigenvalue weighted by Gasteiger charge is 2.35. The molecule has 0 N–H and O–H groups in total. The van der Waals surface area contributed by atoms with Crippen molar-refractivity contribution in [2.45, 2.75) is 19.9 Å². The highest BCUT2D eigenvalue weighted by molar-refractivity contribution is 6.03. The maximum absolute atomic E-state index is 13.4. The van der Waals surface area contributed by atoms with Crippen molar-refractivity contribution >= 4 is 17.5 Å². The van der Waals surface area contributed by atoms with Crippen LogP contribution >= 0.6 is 0 Å². The van der Waals surface area contributed by atoms with E-state index in [4.69, 9.17) is 0 Å². The van der Waals surface area contributed by atoms with Gasteiger partial charge in [-0.2, -0.15) is 4.39 Å². The average molecular weight is 266 g/mol. The Bertz CT molecular complexity index is 573. The highest BCUT2D eigenvalue weighted by Crippen LogP contribution is 2.23. The van der Waals surface area contributed by atoms with Gasteiger partial charge in [0.15, 0.2) is 0 Å². The summed E-state index contributed by atoms with van der Waals surface area (Å²) in [5.74, 6) is -1.95. The van der Waals surface area contributed by atoms with Gasteiger partial charge in [-0.05, 0) is 11.6 Å². The van der Waals surface area contributed by atoms with Crippen LogP contribution < -0.4 is 0 Å². The van der Waals surface area contributed by atoms with E-state index in [2.05, 4.69) is 0 Å². The van der Waals surface area contributed by atoms with E-state index < -0.39 is 16.4 Å². The van der Waals surface area contributed by atoms with Gasteiger partial charge >= 0.3 is 5.69 Å². The second-order valence-electron chi connectivity index (χ2n) is 4.47. The Morgan fingerprint density at radius 1 is 1.47 bits per heavy atom. The minimum absolute atomic E-state index is 0.0586. The van der Waals surface area contributed by atoms with Crippen LogP contribution in [0.3, 0.4) is 0 Å². The van der Waals surface area contributed by atoms with Gasteiger partial charge < -0.3 is 0 Å². The predicted molar refractivity (Wildman–Crippen MR) is 62.4 cm³/mol. The SMILES string of the molecule is CC1CC(=O)N(Cc2ccc([N+](=O)[O-])c(F)c2)C1=O. The maximum Gasteiger partial charge on any atom is 0.304 e. The van der Waals surface area contributed by atoms with E-state index in [9.17, 15) is 24.1 Å². The normalized spacial score (nSPS) is 19.1. The Labute approximate surface area is 108 Å². The fourth-order valence-corrected chi connectivity index (χ4v) is 1.99. The first-order chi connectivity index (χ1) is 8.90. The quantitative estimate of drug-likeness (QED) is 0.473. The van der Waals surface area contributed by atoms with Gasteiger partial charge in [0.1, 0.15) is 0 Å². The summed E-state index contributed by atoms with van der Waals surface area (Å²) >= 11 is 0. The minimum atomic E-state index is -0.977. The number of nitro benzene ring substituents is 1. The topological polar surface area (TPSA) is 80.5 Å². The molecule has 6 nitrogen and oxygen atoms in total. The van der Waals surface area contributed by atoms with Gasteiger partial charge in [-0.3, -0.25) is 24.6 Å². The lowest BCUT2D eigenvalue weighted by molar-refractivity contribution is -0.387. The molecule has 1 aromatic carbocycles. The number of halogens is 1. The van der Waals surface area contributed by atoms with Crippen molar-refractivity contribution in [2.24, 2.45) is 5.92 Å². The molecule has 1 heterocycles. The van der Waals surface area contributed by atoms with Gasteiger partial charge in [-0.25, -0.2) is 0 Å². The van der Waals surface area contributed by atoms with E-state index in [1.54, 1.807) is 6.92 Å². The van der Waals surface area contributed by atoms with E-state index in [0.717, 1.165) is 17.0 Å². The lowest BCUT2D eigenvalue weighted by Gasteiger charge is -2.14. The van der Waals surface area contributed by atoms with Crippen LogP contribution in [0.1, 0.15) is 18.9 Å². The Kier molecular flexibility index (Phi) is 3.28. The lowest BCUT2D eigenvalue weighted by atomic mass is 10.1. The summed E-state index contributed by atoms with van der Waals surface area (Å²) < 4.78 is 13.4. The molecule has 0 saturated carbocycles. The second kappa shape index (κ2) is 4.75. The largest absolute Gasteiger partial charge is 0.304 e. The fourth-order valence-electron chi connectivity index (χ4n) is 1.99. The van der Waals surface area contributed by atoms with Gasteiger partial charge in [0.2, 0.25) is 17.6 Å². The monoisotopic (exact) mass is 266 g/mol. The molecule has 1 aliphatic rings. The number of benzene rings is 1. The van der Waals surface area contributed by atoms with Crippen LogP contribution in [0.5, 0.6) is 0 Å². The van der Waals surface area contributed by atoms with E-state index >= 15 is 0 Å². The molecule has 19 heavy (non-hydrogen) atoms. The van der Waals surface area contributed by atoms with Gasteiger partial charge in [0.25, 0.3) is 0 Å². The summed E-state index contributed by atoms with van der Waals surface area (Å²) in [6.45, 7) is 1.59. The molecule has 1 unspecified atom stereocenters. The molecule has 0 bridgehead atoms. The van der Waals surface area contributed by atoms with E-state index in [1.165, 1.54) is 6.07 Å². The molecule has 0 spiro atoms. The molecule has 1 atom stereocenters. The van der Waals surface area contributed by atoms with Gasteiger partial charge in [-0.15, -0.1) is 0 Å². The van der Waals surface area contributed by atoms with Crippen LogP contribution in [0.15, 0.2) is 18.2 Å². The summed E-state index contributed by atoms with van der Waals surface area (Å²) in [7, 11) is 0. The molecule has 1 fully saturated rings. The summed E-state index contributed by atoms with van der Waals surface area (Å²) in [4.78, 5) is 33.9. The third-order valence-corrected chi connectivity index (χ3v) is 3.02. The second-order valence-corrected chi connectivity index (χ2v) is 4.47. The summed E-state index contributed by atoms with van der Waals surface area (Å²) in [6, 6.07) is 3.34. The van der Waals surface area contributed by atoms with Gasteiger partial charge in [0, 0.05) is 18.4 Å². The highest BCUT2D eigenvalue weighted by atomic mass is 19.1. The van der Waals surface area contributed by atoms with Crippen molar-refractivity contribution in [1.82, 2.24) is 4.90 Å². The minimum Gasteiger partial charge on any atom is -0.278 e. The number of likely N-dealkylation sites (tertiary alicyclic amines) is 1. The van der Waals surface area contributed by atoms with E-state index in [0.29, 0.717) is 5.56 Å². The van der Waals surface area contributed by atoms with Gasteiger partial charge in [-0.1, -0.05) is 13.0 Å². The zero-order valence-electron chi connectivity index (χ0n) is 10.1. The number of imide groups is 1. The number of carbonyl (C=O) groups excluding carboxylic acids is 2. The molecular formula is C12H11FN2O4. The van der Waals surface area contributed by atoms with Crippen LogP contribution in [0.25, 0.3) is 0 Å². The van der Waals surface area contributed by atoms with Gasteiger partial charge in [0.05, 0.1) is 11.5 Å². The smallest absolute Gasteiger partial charge is 0.278 e. The van der Waals surface area contributed by atoms with E-state index in [-0.39, 0.29) is 30.7 Å². The molecule has 1 saturated heterocycles. The van der Waals surface area contributed by atoms with Crippen LogP contribution in [-0.2, 0) is 16.1 Å². The van der Waals surface area contributed by atoms with Crippen molar-refractivity contribution in [1.29, 1.82) is 0 Å². The third-order valence-electron chi connectivity index (χ3n) is 3.02. The molecule has 0 aliphatic carbocycles. The fraction of sp³-hybridized carbons (Fsp3) is 0.333. The number of rotatable bonds is 3. The molecule has 1 aliphatic heterocycles. The average Bonchev–Trinajstić information content (AvgIpc) is 2.56. The number of carbonyl (C=O) groups is 2. The Balaban J connectivity index is 2.21. The summed E-state index contributed by atoms with van der Waals surface area (Å²) in [5, 5.41) is 10.5. The first-order valence-electron chi connectivity index (χ1n) is 5.67. The molecule has 2 amide bonds. The first-order valence-corrected chi connectivity index (χ1v) is 5.67. The van der Waals surface area contributed by atoms with E-state index in [1.807, 2.05) is 0 Å². The number of hydrogen-bond donors (Lipinski definition) is 0. The third kappa shape index (κ3) is 2.44. The summed E-state index contributed by atoms with van der Waals surface area (Å²) in [6.07, 6.45) is 0.147. The summed E-state index contributed by atoms with van der Waals surface area (Å²) in [5.41, 5.74) is -0.282. The molecule has 0 radical (unpaired) electrons. The zero-order chi connectivity index (χ0) is 14.2. The zero-order valence-corrected chi connectivity index (χ0v) is 10.1. The van der Waals surface area contributed by atoms with Crippen LogP contribution in [-0.4, -0.2) is 21.6 Å². The van der Waals surface area contributed by atoms with Crippen LogP contribution in [0.2, 0.25) is 0 Å². The molecule has 100 valence electrons. The Morgan fingerprint density at radius 2 is 2.16 bits per heavy atom. The molecule has 7 heteroatoms. The Morgan fingerprint density at radius 3 is 2.63 bits per heavy atom. The van der Waals surface area contributed by atoms with Crippen molar-refractivity contribution in [3.8, 4) is 0 Å². The van der Waals surface area contributed by atoms with Crippen LogP contribution in [0.4, 0.5) is 10.1 Å². The van der Waals surface area contributed by atoms with Crippen molar-refractivity contribution in [3.05, 3.63) is 39.7 Å². The predicted octanol–water partition coefficient (Wildman–Crippen LogP) is 1.63. The molecule has 0 aromatic heterocycles. The number of hydrogen-bond acceptors (Lipinski definition) is 4. The number of nitrogens with zero attached hydrogens (tertiary/aromatic N) is 2. The van der Waals surface area contributed by atoms with Crippen molar-refractivity contribution < 1.29 is 18.9 Å². The molecule has 1 aromatic rings. The Hall–Kier alpha value is -2.31. The standard InChI is InChI=1S/C12H11FN2O4/c1-7-4-11(16)14(12(7)17)6-8-2-3-10(15(18)19)9(13)5-8/h2-3,5,7H,4,6H2,1H3. The lowest BCUT2D eigenvalue weighted by Crippen LogP contribution is -2.29. The van der Waals surface area contributed by atoms with Crippen molar-refractivity contribution in [2.75, 3.05) is 0 Å². The van der Waals surface area contributed by atoms with Crippen molar-refractivity contribution in [3.63, 3.8) is 0 Å². The molecular weight excluding hydrogens is 255 g/mol. The maximum atomic E-state index is 13.4.